The summed E-state index contributed by atoms with van der Waals surface area (Å²) < 4.78 is 0. The van der Waals surface area contributed by atoms with Gasteiger partial charge in [-0.2, -0.15) is 0 Å². The molecule has 0 amide bonds. The van der Waals surface area contributed by atoms with Crippen molar-refractivity contribution in [1.29, 1.82) is 0 Å². The molecule has 0 spiro atoms. The second-order valence-corrected chi connectivity index (χ2v) is 4.73. The Morgan fingerprint density at radius 3 is 2.79 bits per heavy atom. The first-order valence-corrected chi connectivity index (χ1v) is 5.72. The smallest absolute Gasteiger partial charge is 0.00672 e. The highest BCUT2D eigenvalue weighted by Crippen LogP contribution is 2.21. The minimum Gasteiger partial charge on any atom is -0.330 e. The lowest BCUT2D eigenvalue weighted by Crippen LogP contribution is -2.44. The molecule has 0 saturated carbocycles. The fourth-order valence-corrected chi connectivity index (χ4v) is 2.10. The van der Waals surface area contributed by atoms with Crippen molar-refractivity contribution < 1.29 is 0 Å². The molecule has 2 nitrogen and oxygen atoms in total. The zero-order valence-corrected chi connectivity index (χ0v) is 9.63. The summed E-state index contributed by atoms with van der Waals surface area (Å²) in [4.78, 5) is 2.57. The highest BCUT2D eigenvalue weighted by molar-refractivity contribution is 4.90. The largest absolute Gasteiger partial charge is 0.330 e. The van der Waals surface area contributed by atoms with Crippen LogP contribution in [0, 0.1) is 5.92 Å². The lowest BCUT2D eigenvalue weighted by molar-refractivity contribution is 0.122. The Labute approximate surface area is 88.2 Å². The molecule has 1 aliphatic heterocycles. The maximum atomic E-state index is 5.72. The summed E-state index contributed by atoms with van der Waals surface area (Å²) in [5.41, 5.74) is 7.01. The van der Waals surface area contributed by atoms with E-state index in [9.17, 15) is 0 Å². The number of hydrogen-bond acceptors (Lipinski definition) is 2. The fraction of sp³-hybridized carbons (Fsp3) is 0.833. The number of piperidine rings is 1. The van der Waals surface area contributed by atoms with Crippen molar-refractivity contribution >= 4 is 0 Å². The van der Waals surface area contributed by atoms with Gasteiger partial charge in [-0.3, -0.25) is 0 Å². The zero-order valence-electron chi connectivity index (χ0n) is 9.63. The fourth-order valence-electron chi connectivity index (χ4n) is 2.10. The van der Waals surface area contributed by atoms with Crippen molar-refractivity contribution in [3.8, 4) is 0 Å². The molecule has 2 atom stereocenters. The molecule has 2 N–H and O–H groups in total. The number of nitrogens with zero attached hydrogens (tertiary/aromatic N) is 1. The van der Waals surface area contributed by atoms with Crippen molar-refractivity contribution in [2.45, 2.75) is 39.2 Å². The standard InChI is InChI=1S/C12H24N2/c1-10(2)6-7-14-9-12(8-13)5-4-11(14)3/h11-12H,1,4-9,13H2,2-3H3. The highest BCUT2D eigenvalue weighted by Gasteiger charge is 2.23. The van der Waals surface area contributed by atoms with Gasteiger partial charge in [0.25, 0.3) is 0 Å². The molecule has 14 heavy (non-hydrogen) atoms. The Hall–Kier alpha value is -0.340. The molecule has 2 unspecified atom stereocenters. The molecule has 1 saturated heterocycles. The van der Waals surface area contributed by atoms with Crippen molar-refractivity contribution in [3.63, 3.8) is 0 Å². The van der Waals surface area contributed by atoms with Crippen molar-refractivity contribution in [1.82, 2.24) is 4.90 Å². The first kappa shape index (κ1) is 11.7. The Bertz CT molecular complexity index is 189. The van der Waals surface area contributed by atoms with Gasteiger partial charge < -0.3 is 10.6 Å². The molecule has 0 radical (unpaired) electrons. The molecule has 1 fully saturated rings. The van der Waals surface area contributed by atoms with E-state index < -0.39 is 0 Å². The normalized spacial score (nSPS) is 29.1. The second kappa shape index (κ2) is 5.52. The van der Waals surface area contributed by atoms with Gasteiger partial charge in [0.05, 0.1) is 0 Å². The van der Waals surface area contributed by atoms with E-state index in [1.807, 2.05) is 0 Å². The Balaban J connectivity index is 2.36. The maximum absolute atomic E-state index is 5.72. The summed E-state index contributed by atoms with van der Waals surface area (Å²) >= 11 is 0. The van der Waals surface area contributed by atoms with Crippen LogP contribution in [0.15, 0.2) is 12.2 Å². The van der Waals surface area contributed by atoms with Gasteiger partial charge in [-0.05, 0) is 45.6 Å². The van der Waals surface area contributed by atoms with E-state index in [0.717, 1.165) is 31.5 Å². The van der Waals surface area contributed by atoms with Crippen LogP contribution in [-0.4, -0.2) is 30.6 Å². The summed E-state index contributed by atoms with van der Waals surface area (Å²) in [7, 11) is 0. The van der Waals surface area contributed by atoms with Crippen LogP contribution in [0.2, 0.25) is 0 Å². The number of rotatable bonds is 4. The topological polar surface area (TPSA) is 29.3 Å². The van der Waals surface area contributed by atoms with Gasteiger partial charge in [-0.25, -0.2) is 0 Å². The van der Waals surface area contributed by atoms with Gasteiger partial charge in [-0.1, -0.05) is 5.57 Å². The van der Waals surface area contributed by atoms with Gasteiger partial charge in [0, 0.05) is 19.1 Å². The summed E-state index contributed by atoms with van der Waals surface area (Å²) in [6.45, 7) is 11.6. The molecular formula is C12H24N2. The minimum atomic E-state index is 0.719. The van der Waals surface area contributed by atoms with Crippen LogP contribution < -0.4 is 5.73 Å². The Kier molecular flexibility index (Phi) is 4.63. The van der Waals surface area contributed by atoms with Crippen LogP contribution >= 0.6 is 0 Å². The van der Waals surface area contributed by atoms with Gasteiger partial charge in [-0.15, -0.1) is 6.58 Å². The summed E-state index contributed by atoms with van der Waals surface area (Å²) in [6, 6.07) is 0.733. The Morgan fingerprint density at radius 1 is 1.50 bits per heavy atom. The molecule has 1 heterocycles. The number of likely N-dealkylation sites (tertiary alicyclic amines) is 1. The molecule has 1 aliphatic rings. The van der Waals surface area contributed by atoms with E-state index in [4.69, 9.17) is 5.73 Å². The Morgan fingerprint density at radius 2 is 2.21 bits per heavy atom. The molecule has 0 aliphatic carbocycles. The quantitative estimate of drug-likeness (QED) is 0.697. The molecule has 0 aromatic heterocycles. The van der Waals surface area contributed by atoms with Gasteiger partial charge in [0.15, 0.2) is 0 Å². The minimum absolute atomic E-state index is 0.719. The molecule has 0 bridgehead atoms. The molecule has 1 rings (SSSR count). The first-order chi connectivity index (χ1) is 6.63. The van der Waals surface area contributed by atoms with E-state index in [0.29, 0.717) is 0 Å². The first-order valence-electron chi connectivity index (χ1n) is 5.72. The van der Waals surface area contributed by atoms with Crippen molar-refractivity contribution in [2.75, 3.05) is 19.6 Å². The van der Waals surface area contributed by atoms with E-state index in [2.05, 4.69) is 25.3 Å². The van der Waals surface area contributed by atoms with Crippen LogP contribution in [0.1, 0.15) is 33.1 Å². The monoisotopic (exact) mass is 196 g/mol. The average Bonchev–Trinajstić information content (AvgIpc) is 2.16. The third-order valence-corrected chi connectivity index (χ3v) is 3.27. The van der Waals surface area contributed by atoms with Gasteiger partial charge >= 0.3 is 0 Å². The number of nitrogens with two attached hydrogens (primary N) is 1. The van der Waals surface area contributed by atoms with E-state index in [1.165, 1.54) is 25.0 Å². The predicted octanol–water partition coefficient (Wildman–Crippen LogP) is 2.01. The van der Waals surface area contributed by atoms with Crippen LogP contribution in [-0.2, 0) is 0 Å². The highest BCUT2D eigenvalue weighted by atomic mass is 15.2. The molecule has 0 aromatic rings. The van der Waals surface area contributed by atoms with Gasteiger partial charge in [0.2, 0.25) is 0 Å². The van der Waals surface area contributed by atoms with Crippen LogP contribution in [0.3, 0.4) is 0 Å². The maximum Gasteiger partial charge on any atom is 0.00672 e. The van der Waals surface area contributed by atoms with E-state index >= 15 is 0 Å². The van der Waals surface area contributed by atoms with Crippen LogP contribution in [0.25, 0.3) is 0 Å². The third-order valence-electron chi connectivity index (χ3n) is 3.27. The van der Waals surface area contributed by atoms with Crippen molar-refractivity contribution in [3.05, 3.63) is 12.2 Å². The second-order valence-electron chi connectivity index (χ2n) is 4.73. The lowest BCUT2D eigenvalue weighted by Gasteiger charge is -2.37. The summed E-state index contributed by atoms with van der Waals surface area (Å²) in [5, 5.41) is 0. The van der Waals surface area contributed by atoms with E-state index in [-0.39, 0.29) is 0 Å². The lowest BCUT2D eigenvalue weighted by atomic mass is 9.93. The molecule has 0 aromatic carbocycles. The molecule has 82 valence electrons. The molecule has 2 heteroatoms. The third kappa shape index (κ3) is 3.43. The van der Waals surface area contributed by atoms with Crippen LogP contribution in [0.5, 0.6) is 0 Å². The summed E-state index contributed by atoms with van der Waals surface area (Å²) in [6.07, 6.45) is 3.74. The molecular weight excluding hydrogens is 172 g/mol. The number of hydrogen-bond donors (Lipinski definition) is 1. The van der Waals surface area contributed by atoms with E-state index in [1.54, 1.807) is 0 Å². The van der Waals surface area contributed by atoms with Crippen LogP contribution in [0.4, 0.5) is 0 Å². The SMILES string of the molecule is C=C(C)CCN1CC(CN)CCC1C. The van der Waals surface area contributed by atoms with Gasteiger partial charge in [0.1, 0.15) is 0 Å². The van der Waals surface area contributed by atoms with Crippen molar-refractivity contribution in [2.24, 2.45) is 11.7 Å². The predicted molar refractivity (Wildman–Crippen MR) is 62.2 cm³/mol. The zero-order chi connectivity index (χ0) is 10.6. The average molecular weight is 196 g/mol. The summed E-state index contributed by atoms with van der Waals surface area (Å²) in [5.74, 6) is 0.719.